The molecule has 27 heavy (non-hydrogen) atoms. The number of ether oxygens (including phenoxy) is 1. The fraction of sp³-hybridized carbons (Fsp3) is 0.0556. The van der Waals surface area contributed by atoms with E-state index in [1.807, 2.05) is 0 Å². The van der Waals surface area contributed by atoms with Gasteiger partial charge in [-0.15, -0.1) is 0 Å². The van der Waals surface area contributed by atoms with Gasteiger partial charge in [0.05, 0.1) is 5.02 Å². The van der Waals surface area contributed by atoms with Crippen LogP contribution in [0.1, 0.15) is 10.5 Å². The Hall–Kier alpha value is -3.39. The predicted octanol–water partition coefficient (Wildman–Crippen LogP) is 3.34. The van der Waals surface area contributed by atoms with Crippen molar-refractivity contribution >= 4 is 34.2 Å². The van der Waals surface area contributed by atoms with E-state index in [0.29, 0.717) is 11.1 Å². The Labute approximate surface area is 157 Å². The minimum Gasteiger partial charge on any atom is -0.505 e. The molecule has 2 aromatic carbocycles. The van der Waals surface area contributed by atoms with Crippen LogP contribution in [0, 0.1) is 5.82 Å². The van der Waals surface area contributed by atoms with Crippen molar-refractivity contribution in [3.8, 4) is 17.2 Å². The highest BCUT2D eigenvalue weighted by molar-refractivity contribution is 6.30. The standard InChI is InChI=1S/C18H12ClFN2O5/c19-13-6-11(3-4-14(13)20)27-10-2-1-9-7-21-16(17(25)12(9)5-10)18(26)22-8-15(23)24/h1-7,25H,8H2,(H,22,26)(H,23,24). The third-order valence-corrected chi connectivity index (χ3v) is 3.87. The molecule has 0 bridgehead atoms. The lowest BCUT2D eigenvalue weighted by Gasteiger charge is -2.10. The number of amides is 1. The molecule has 1 aromatic heterocycles. The van der Waals surface area contributed by atoms with Gasteiger partial charge >= 0.3 is 5.97 Å². The van der Waals surface area contributed by atoms with E-state index >= 15 is 0 Å². The Morgan fingerprint density at radius 3 is 2.59 bits per heavy atom. The minimum absolute atomic E-state index is 0.0993. The summed E-state index contributed by atoms with van der Waals surface area (Å²) in [5.74, 6) is -2.45. The lowest BCUT2D eigenvalue weighted by atomic mass is 10.1. The van der Waals surface area contributed by atoms with Gasteiger partial charge in [-0.3, -0.25) is 9.59 Å². The molecule has 1 amide bonds. The summed E-state index contributed by atoms with van der Waals surface area (Å²) < 4.78 is 18.8. The molecule has 0 aliphatic rings. The summed E-state index contributed by atoms with van der Waals surface area (Å²) in [6.07, 6.45) is 1.36. The van der Waals surface area contributed by atoms with Crippen molar-refractivity contribution in [1.29, 1.82) is 0 Å². The van der Waals surface area contributed by atoms with Gasteiger partial charge < -0.3 is 20.3 Å². The van der Waals surface area contributed by atoms with Crippen molar-refractivity contribution in [2.75, 3.05) is 6.54 Å². The van der Waals surface area contributed by atoms with E-state index in [1.54, 1.807) is 12.1 Å². The maximum absolute atomic E-state index is 13.2. The fourth-order valence-electron chi connectivity index (χ4n) is 2.32. The average Bonchev–Trinajstić information content (AvgIpc) is 2.63. The number of aromatic hydroxyl groups is 1. The Balaban J connectivity index is 1.93. The van der Waals surface area contributed by atoms with Crippen LogP contribution in [0.4, 0.5) is 4.39 Å². The van der Waals surface area contributed by atoms with Crippen molar-refractivity contribution in [1.82, 2.24) is 10.3 Å². The maximum Gasteiger partial charge on any atom is 0.322 e. The lowest BCUT2D eigenvalue weighted by molar-refractivity contribution is -0.135. The number of fused-ring (bicyclic) bond motifs is 1. The molecular weight excluding hydrogens is 379 g/mol. The Morgan fingerprint density at radius 2 is 1.89 bits per heavy atom. The number of benzene rings is 2. The number of carbonyl (C=O) groups excluding carboxylic acids is 1. The van der Waals surface area contributed by atoms with Gasteiger partial charge in [-0.25, -0.2) is 9.37 Å². The molecule has 0 saturated carbocycles. The molecule has 0 saturated heterocycles. The summed E-state index contributed by atoms with van der Waals surface area (Å²) in [7, 11) is 0. The summed E-state index contributed by atoms with van der Waals surface area (Å²) in [6, 6.07) is 8.54. The topological polar surface area (TPSA) is 109 Å². The average molecular weight is 391 g/mol. The zero-order valence-corrected chi connectivity index (χ0v) is 14.3. The number of nitrogens with one attached hydrogen (secondary N) is 1. The molecule has 1 heterocycles. The van der Waals surface area contributed by atoms with Gasteiger partial charge in [-0.05, 0) is 30.3 Å². The van der Waals surface area contributed by atoms with Crippen LogP contribution >= 0.6 is 11.6 Å². The van der Waals surface area contributed by atoms with Crippen LogP contribution in [0.5, 0.6) is 17.2 Å². The van der Waals surface area contributed by atoms with E-state index in [0.717, 1.165) is 6.07 Å². The molecule has 3 N–H and O–H groups in total. The maximum atomic E-state index is 13.2. The molecule has 3 aromatic rings. The zero-order chi connectivity index (χ0) is 19.6. The minimum atomic E-state index is -1.22. The van der Waals surface area contributed by atoms with Gasteiger partial charge in [0.1, 0.15) is 23.9 Å². The van der Waals surface area contributed by atoms with E-state index in [-0.39, 0.29) is 21.9 Å². The summed E-state index contributed by atoms with van der Waals surface area (Å²) in [5.41, 5.74) is -0.314. The first-order chi connectivity index (χ1) is 12.8. The molecule has 0 aliphatic heterocycles. The number of aromatic nitrogens is 1. The highest BCUT2D eigenvalue weighted by Gasteiger charge is 2.17. The number of hydrogen-bond acceptors (Lipinski definition) is 5. The second-order valence-electron chi connectivity index (χ2n) is 5.46. The van der Waals surface area contributed by atoms with Crippen molar-refractivity contribution in [2.45, 2.75) is 0 Å². The second-order valence-corrected chi connectivity index (χ2v) is 5.87. The third kappa shape index (κ3) is 4.06. The van der Waals surface area contributed by atoms with Gasteiger partial charge in [-0.1, -0.05) is 11.6 Å². The van der Waals surface area contributed by atoms with Gasteiger partial charge in [-0.2, -0.15) is 0 Å². The van der Waals surface area contributed by atoms with Crippen molar-refractivity contribution < 1.29 is 28.9 Å². The van der Waals surface area contributed by atoms with Crippen LogP contribution < -0.4 is 10.1 Å². The van der Waals surface area contributed by atoms with Gasteiger partial charge in [0.2, 0.25) is 0 Å². The number of nitrogens with zero attached hydrogens (tertiary/aromatic N) is 1. The van der Waals surface area contributed by atoms with Crippen molar-refractivity contribution in [3.63, 3.8) is 0 Å². The summed E-state index contributed by atoms with van der Waals surface area (Å²) >= 11 is 5.72. The smallest absolute Gasteiger partial charge is 0.322 e. The van der Waals surface area contributed by atoms with E-state index < -0.39 is 30.0 Å². The van der Waals surface area contributed by atoms with Crippen LogP contribution in [0.25, 0.3) is 10.8 Å². The highest BCUT2D eigenvalue weighted by atomic mass is 35.5. The van der Waals surface area contributed by atoms with Crippen LogP contribution in [-0.4, -0.2) is 33.6 Å². The van der Waals surface area contributed by atoms with E-state index in [2.05, 4.69) is 10.3 Å². The number of rotatable bonds is 5. The Bertz CT molecular complexity index is 1060. The summed E-state index contributed by atoms with van der Waals surface area (Å²) in [6.45, 7) is -0.605. The first kappa shape index (κ1) is 18.4. The van der Waals surface area contributed by atoms with Gasteiger partial charge in [0, 0.05) is 23.0 Å². The van der Waals surface area contributed by atoms with Gasteiger partial charge in [0.15, 0.2) is 11.4 Å². The quantitative estimate of drug-likeness (QED) is 0.616. The number of pyridine rings is 1. The SMILES string of the molecule is O=C(O)CNC(=O)c1ncc2ccc(Oc3ccc(F)c(Cl)c3)cc2c1O. The van der Waals surface area contributed by atoms with Crippen LogP contribution in [0.15, 0.2) is 42.6 Å². The van der Waals surface area contributed by atoms with Crippen LogP contribution in [0.2, 0.25) is 5.02 Å². The van der Waals surface area contributed by atoms with Crippen molar-refractivity contribution in [3.05, 3.63) is 59.1 Å². The largest absolute Gasteiger partial charge is 0.505 e. The van der Waals surface area contributed by atoms with Gasteiger partial charge in [0.25, 0.3) is 5.91 Å². The Morgan fingerprint density at radius 1 is 1.19 bits per heavy atom. The first-order valence-electron chi connectivity index (χ1n) is 7.60. The Kier molecular flexibility index (Phi) is 5.09. The van der Waals surface area contributed by atoms with Crippen molar-refractivity contribution in [2.24, 2.45) is 0 Å². The molecular formula is C18H12ClFN2O5. The summed E-state index contributed by atoms with van der Waals surface area (Å²) in [5, 5.41) is 21.8. The highest BCUT2D eigenvalue weighted by Crippen LogP contribution is 2.33. The number of carboxylic acids is 1. The van der Waals surface area contributed by atoms with E-state index in [1.165, 1.54) is 24.4 Å². The molecule has 0 atom stereocenters. The lowest BCUT2D eigenvalue weighted by Crippen LogP contribution is -2.29. The van der Waals surface area contributed by atoms with Crippen LogP contribution in [0.3, 0.4) is 0 Å². The molecule has 0 fully saturated rings. The second kappa shape index (κ2) is 7.46. The number of hydrogen-bond donors (Lipinski definition) is 3. The molecule has 0 aliphatic carbocycles. The molecule has 9 heteroatoms. The molecule has 7 nitrogen and oxygen atoms in total. The fourth-order valence-corrected chi connectivity index (χ4v) is 2.49. The zero-order valence-electron chi connectivity index (χ0n) is 13.6. The monoisotopic (exact) mass is 390 g/mol. The van der Waals surface area contributed by atoms with Crippen LogP contribution in [-0.2, 0) is 4.79 Å². The molecule has 0 radical (unpaired) electrons. The predicted molar refractivity (Wildman–Crippen MR) is 94.9 cm³/mol. The van der Waals surface area contributed by atoms with E-state index in [4.69, 9.17) is 21.4 Å². The molecule has 138 valence electrons. The number of carbonyl (C=O) groups is 2. The summed E-state index contributed by atoms with van der Waals surface area (Å²) in [4.78, 5) is 26.4. The van der Waals surface area contributed by atoms with E-state index in [9.17, 15) is 19.1 Å². The third-order valence-electron chi connectivity index (χ3n) is 3.58. The number of aliphatic carboxylic acids is 1. The normalized spacial score (nSPS) is 10.6. The first-order valence-corrected chi connectivity index (χ1v) is 7.97. The number of carboxylic acid groups (broad SMARTS) is 1. The molecule has 0 spiro atoms. The molecule has 0 unspecified atom stereocenters. The molecule has 3 rings (SSSR count). The number of halogens is 2.